The van der Waals surface area contributed by atoms with Gasteiger partial charge in [-0.3, -0.25) is 14.9 Å². The molecule has 8 nitrogen and oxygen atoms in total. The molecule has 0 fully saturated rings. The van der Waals surface area contributed by atoms with E-state index in [4.69, 9.17) is 18.6 Å². The molecular weight excluding hydrogens is 438 g/mol. The maximum absolute atomic E-state index is 12.3. The molecular formula is C26H43NO7. The van der Waals surface area contributed by atoms with Gasteiger partial charge in [-0.05, 0) is 26.5 Å². The second-order valence-electron chi connectivity index (χ2n) is 8.38. The van der Waals surface area contributed by atoms with Gasteiger partial charge in [0.15, 0.2) is 5.78 Å². The number of ether oxygens (including phenoxy) is 3. The predicted molar refractivity (Wildman–Crippen MR) is 130 cm³/mol. The standard InChI is InChI=1S/C26H43NO7/c1-4-6-7-8-9-10-11-12-13-14-15-16-19-32-24-18-17-22(33-24)26(30)34-25(27-3)21(28)20-23(29)31-5-2/h17-18,25,27H,4-16,19-20H2,1-3H3. The van der Waals surface area contributed by atoms with Crippen molar-refractivity contribution in [3.63, 3.8) is 0 Å². The number of esters is 2. The first-order chi connectivity index (χ1) is 16.5. The molecule has 1 aromatic rings. The fourth-order valence-electron chi connectivity index (χ4n) is 3.52. The van der Waals surface area contributed by atoms with Crippen LogP contribution in [0.1, 0.15) is 108 Å². The maximum Gasteiger partial charge on any atom is 0.376 e. The van der Waals surface area contributed by atoms with E-state index in [0.717, 1.165) is 12.8 Å². The molecule has 8 heteroatoms. The van der Waals surface area contributed by atoms with Gasteiger partial charge in [0.1, 0.15) is 6.42 Å². The van der Waals surface area contributed by atoms with Crippen molar-refractivity contribution >= 4 is 17.7 Å². The van der Waals surface area contributed by atoms with Gasteiger partial charge < -0.3 is 18.6 Å². The lowest BCUT2D eigenvalue weighted by Gasteiger charge is -2.14. The van der Waals surface area contributed by atoms with Crippen LogP contribution in [-0.2, 0) is 19.1 Å². The summed E-state index contributed by atoms with van der Waals surface area (Å²) in [4.78, 5) is 35.8. The summed E-state index contributed by atoms with van der Waals surface area (Å²) in [6, 6.07) is 2.98. The summed E-state index contributed by atoms with van der Waals surface area (Å²) in [6.45, 7) is 4.57. The van der Waals surface area contributed by atoms with Crippen molar-refractivity contribution in [1.29, 1.82) is 0 Å². The third-order valence-electron chi connectivity index (χ3n) is 5.43. The Hall–Kier alpha value is -2.35. The minimum atomic E-state index is -1.27. The molecule has 1 rings (SSSR count). The Morgan fingerprint density at radius 3 is 2.03 bits per heavy atom. The van der Waals surface area contributed by atoms with Crippen molar-refractivity contribution < 1.29 is 33.0 Å². The molecule has 0 spiro atoms. The Labute approximate surface area is 204 Å². The molecule has 0 aromatic carbocycles. The third-order valence-corrected chi connectivity index (χ3v) is 5.43. The summed E-state index contributed by atoms with van der Waals surface area (Å²) in [5.74, 6) is -1.95. The van der Waals surface area contributed by atoms with E-state index in [-0.39, 0.29) is 18.3 Å². The van der Waals surface area contributed by atoms with Crippen molar-refractivity contribution in [2.24, 2.45) is 0 Å². The van der Waals surface area contributed by atoms with Crippen LogP contribution in [0.25, 0.3) is 0 Å². The summed E-state index contributed by atoms with van der Waals surface area (Å²) in [5, 5.41) is 2.56. The lowest BCUT2D eigenvalue weighted by atomic mass is 10.1. The van der Waals surface area contributed by atoms with Gasteiger partial charge in [0, 0.05) is 6.07 Å². The van der Waals surface area contributed by atoms with E-state index in [9.17, 15) is 14.4 Å². The van der Waals surface area contributed by atoms with E-state index in [1.165, 1.54) is 77.3 Å². The number of unbranched alkanes of at least 4 members (excludes halogenated alkanes) is 11. The van der Waals surface area contributed by atoms with Crippen LogP contribution >= 0.6 is 0 Å². The van der Waals surface area contributed by atoms with Gasteiger partial charge in [0.25, 0.3) is 5.95 Å². The number of carbonyl (C=O) groups excluding carboxylic acids is 3. The molecule has 0 saturated heterocycles. The Bertz CT molecular complexity index is 701. The number of hydrogen-bond acceptors (Lipinski definition) is 8. The molecule has 1 aromatic heterocycles. The number of furan rings is 1. The fraction of sp³-hybridized carbons (Fsp3) is 0.731. The van der Waals surface area contributed by atoms with Crippen molar-refractivity contribution in [3.05, 3.63) is 17.9 Å². The van der Waals surface area contributed by atoms with Crippen LogP contribution in [0.3, 0.4) is 0 Å². The van der Waals surface area contributed by atoms with E-state index in [1.54, 1.807) is 13.0 Å². The Kier molecular flexibility index (Phi) is 16.6. The highest BCUT2D eigenvalue weighted by atomic mass is 16.6. The zero-order valence-corrected chi connectivity index (χ0v) is 21.2. The molecule has 1 unspecified atom stereocenters. The molecule has 1 heterocycles. The molecule has 1 N–H and O–H groups in total. The average Bonchev–Trinajstić information content (AvgIpc) is 3.29. The summed E-state index contributed by atoms with van der Waals surface area (Å²) < 4.78 is 20.8. The highest BCUT2D eigenvalue weighted by Gasteiger charge is 2.26. The number of Topliss-reactive ketones (excluding diaryl/α,β-unsaturated/α-hetero) is 1. The number of likely N-dealkylation sites (N-methyl/N-ethyl adjacent to an activating group) is 1. The lowest BCUT2D eigenvalue weighted by molar-refractivity contribution is -0.148. The molecule has 1 atom stereocenters. The van der Waals surface area contributed by atoms with Gasteiger partial charge in [-0.25, -0.2) is 4.79 Å². The molecule has 0 bridgehead atoms. The minimum absolute atomic E-state index is 0.0751. The molecule has 0 aliphatic rings. The lowest BCUT2D eigenvalue weighted by Crippen LogP contribution is -2.39. The highest BCUT2D eigenvalue weighted by molar-refractivity contribution is 5.99. The van der Waals surface area contributed by atoms with E-state index in [0.29, 0.717) is 6.61 Å². The number of ketones is 1. The fourth-order valence-corrected chi connectivity index (χ4v) is 3.52. The van der Waals surface area contributed by atoms with Gasteiger partial charge >= 0.3 is 11.9 Å². The summed E-state index contributed by atoms with van der Waals surface area (Å²) >= 11 is 0. The normalized spacial score (nSPS) is 11.7. The zero-order chi connectivity index (χ0) is 25.0. The zero-order valence-electron chi connectivity index (χ0n) is 21.2. The molecule has 0 aliphatic carbocycles. The van der Waals surface area contributed by atoms with Crippen molar-refractivity contribution in [3.8, 4) is 5.95 Å². The molecule has 0 aliphatic heterocycles. The van der Waals surface area contributed by atoms with Gasteiger partial charge in [-0.15, -0.1) is 0 Å². The SMILES string of the molecule is CCCCCCCCCCCCCCOc1ccc(C(=O)OC(NC)C(=O)CC(=O)OCC)o1. The maximum atomic E-state index is 12.3. The summed E-state index contributed by atoms with van der Waals surface area (Å²) in [5.41, 5.74) is 0. The van der Waals surface area contributed by atoms with E-state index >= 15 is 0 Å². The number of rotatable bonds is 21. The monoisotopic (exact) mass is 481 g/mol. The third kappa shape index (κ3) is 13.4. The topological polar surface area (TPSA) is 104 Å². The Morgan fingerprint density at radius 2 is 1.47 bits per heavy atom. The number of carbonyl (C=O) groups is 3. The predicted octanol–water partition coefficient (Wildman–Crippen LogP) is 5.58. The van der Waals surface area contributed by atoms with Gasteiger partial charge in [-0.1, -0.05) is 77.6 Å². The molecule has 34 heavy (non-hydrogen) atoms. The number of nitrogens with one attached hydrogen (secondary N) is 1. The smallest absolute Gasteiger partial charge is 0.376 e. The quantitative estimate of drug-likeness (QED) is 0.105. The second kappa shape index (κ2) is 19.0. The van der Waals surface area contributed by atoms with Gasteiger partial charge in [0.05, 0.1) is 13.2 Å². The van der Waals surface area contributed by atoms with Crippen molar-refractivity contribution in [2.75, 3.05) is 20.3 Å². The largest absolute Gasteiger partial charge is 0.466 e. The summed E-state index contributed by atoms with van der Waals surface area (Å²) in [6.07, 6.45) is 13.5. The van der Waals surface area contributed by atoms with Crippen LogP contribution in [0.5, 0.6) is 5.95 Å². The van der Waals surface area contributed by atoms with Crippen LogP contribution in [-0.4, -0.2) is 44.2 Å². The van der Waals surface area contributed by atoms with Crippen LogP contribution in [0, 0.1) is 0 Å². The summed E-state index contributed by atoms with van der Waals surface area (Å²) in [7, 11) is 1.45. The molecule has 0 amide bonds. The second-order valence-corrected chi connectivity index (χ2v) is 8.38. The first-order valence-electron chi connectivity index (χ1n) is 12.8. The van der Waals surface area contributed by atoms with Crippen LogP contribution in [0.2, 0.25) is 0 Å². The molecule has 194 valence electrons. The highest BCUT2D eigenvalue weighted by Crippen LogP contribution is 2.18. The Morgan fingerprint density at radius 1 is 0.882 bits per heavy atom. The van der Waals surface area contributed by atoms with E-state index in [1.807, 2.05) is 0 Å². The van der Waals surface area contributed by atoms with Crippen LogP contribution in [0.15, 0.2) is 16.5 Å². The molecule has 0 saturated carbocycles. The van der Waals surface area contributed by atoms with Crippen molar-refractivity contribution in [1.82, 2.24) is 5.32 Å². The Balaban J connectivity index is 2.17. The van der Waals surface area contributed by atoms with E-state index in [2.05, 4.69) is 12.2 Å². The van der Waals surface area contributed by atoms with Gasteiger partial charge in [0.2, 0.25) is 12.0 Å². The van der Waals surface area contributed by atoms with Crippen LogP contribution < -0.4 is 10.1 Å². The number of hydrogen-bond donors (Lipinski definition) is 1. The van der Waals surface area contributed by atoms with Crippen LogP contribution in [0.4, 0.5) is 0 Å². The first kappa shape index (κ1) is 29.7. The van der Waals surface area contributed by atoms with E-state index < -0.39 is 30.4 Å². The van der Waals surface area contributed by atoms with Crippen molar-refractivity contribution in [2.45, 2.75) is 104 Å². The molecule has 0 radical (unpaired) electrons. The van der Waals surface area contributed by atoms with Gasteiger partial charge in [-0.2, -0.15) is 0 Å². The first-order valence-corrected chi connectivity index (χ1v) is 12.8. The minimum Gasteiger partial charge on any atom is -0.466 e. The average molecular weight is 482 g/mol.